The van der Waals surface area contributed by atoms with E-state index in [1.54, 1.807) is 23.1 Å². The monoisotopic (exact) mass is 353 g/mol. The van der Waals surface area contributed by atoms with Crippen LogP contribution in [-0.2, 0) is 16.0 Å². The Morgan fingerprint density at radius 1 is 1.15 bits per heavy atom. The predicted molar refractivity (Wildman–Crippen MR) is 94.5 cm³/mol. The molecular formula is C20H19NO5. The molecule has 0 radical (unpaired) electrons. The maximum atomic E-state index is 12.5. The highest BCUT2D eigenvalue weighted by molar-refractivity contribution is 5.99. The molecule has 1 fully saturated rings. The maximum Gasteiger partial charge on any atom is 0.316 e. The van der Waals surface area contributed by atoms with Gasteiger partial charge in [0.25, 0.3) is 0 Å². The van der Waals surface area contributed by atoms with Crippen molar-refractivity contribution in [2.24, 2.45) is 5.92 Å². The van der Waals surface area contributed by atoms with Gasteiger partial charge in [-0.05, 0) is 36.2 Å². The van der Waals surface area contributed by atoms with Crippen LogP contribution in [0.15, 0.2) is 42.5 Å². The molecule has 2 aromatic rings. The highest BCUT2D eigenvalue weighted by Crippen LogP contribution is 2.35. The molecule has 1 amide bonds. The summed E-state index contributed by atoms with van der Waals surface area (Å²) in [7, 11) is 0. The molecule has 0 spiro atoms. The summed E-state index contributed by atoms with van der Waals surface area (Å²) in [5, 5.41) is 0. The number of esters is 1. The van der Waals surface area contributed by atoms with Crippen LogP contribution < -0.4 is 19.1 Å². The molecule has 0 N–H and O–H groups in total. The second-order valence-electron chi connectivity index (χ2n) is 6.36. The number of nitrogens with zero attached hydrogens (tertiary/aromatic N) is 1. The third-order valence-electron chi connectivity index (χ3n) is 4.68. The first kappa shape index (κ1) is 16.4. The molecule has 0 aliphatic carbocycles. The maximum absolute atomic E-state index is 12.5. The summed E-state index contributed by atoms with van der Waals surface area (Å²) >= 11 is 0. The van der Waals surface area contributed by atoms with Gasteiger partial charge >= 0.3 is 5.97 Å². The Morgan fingerprint density at radius 3 is 2.69 bits per heavy atom. The molecule has 134 valence electrons. The summed E-state index contributed by atoms with van der Waals surface area (Å²) < 4.78 is 16.0. The van der Waals surface area contributed by atoms with Crippen LogP contribution in [0.1, 0.15) is 18.9 Å². The Labute approximate surface area is 151 Å². The van der Waals surface area contributed by atoms with Crippen molar-refractivity contribution < 1.29 is 23.8 Å². The Kier molecular flexibility index (Phi) is 4.24. The molecule has 1 saturated heterocycles. The van der Waals surface area contributed by atoms with E-state index < -0.39 is 11.9 Å². The quantitative estimate of drug-likeness (QED) is 0.625. The van der Waals surface area contributed by atoms with Crippen molar-refractivity contribution in [1.82, 2.24) is 0 Å². The second-order valence-corrected chi connectivity index (χ2v) is 6.36. The number of hydrogen-bond donors (Lipinski definition) is 0. The number of carbonyl (C=O) groups excluding carboxylic acids is 2. The zero-order chi connectivity index (χ0) is 18.1. The number of anilines is 1. The molecule has 0 unspecified atom stereocenters. The van der Waals surface area contributed by atoms with Gasteiger partial charge < -0.3 is 19.1 Å². The number of hydrogen-bond acceptors (Lipinski definition) is 5. The lowest BCUT2D eigenvalue weighted by molar-refractivity contribution is -0.139. The summed E-state index contributed by atoms with van der Waals surface area (Å²) in [6.07, 6.45) is 1.09. The average molecular weight is 353 g/mol. The fourth-order valence-corrected chi connectivity index (χ4v) is 3.17. The zero-order valence-corrected chi connectivity index (χ0v) is 14.4. The van der Waals surface area contributed by atoms with Crippen LogP contribution in [0.2, 0.25) is 0 Å². The number of aryl methyl sites for hydroxylation is 1. The first-order valence-electron chi connectivity index (χ1n) is 8.64. The van der Waals surface area contributed by atoms with Gasteiger partial charge in [0.15, 0.2) is 11.5 Å². The SMILES string of the molecule is CCc1ccc(N2C[C@@H](C(=O)Oc3ccc4c(c3)OCO4)CC2=O)cc1. The Hall–Kier alpha value is -3.02. The minimum atomic E-state index is -0.487. The molecule has 0 saturated carbocycles. The van der Waals surface area contributed by atoms with E-state index >= 15 is 0 Å². The molecule has 26 heavy (non-hydrogen) atoms. The van der Waals surface area contributed by atoms with Crippen LogP contribution in [0.5, 0.6) is 17.2 Å². The highest BCUT2D eigenvalue weighted by atomic mass is 16.7. The largest absolute Gasteiger partial charge is 0.454 e. The first-order valence-corrected chi connectivity index (χ1v) is 8.64. The molecule has 2 heterocycles. The van der Waals surface area contributed by atoms with Gasteiger partial charge in [-0.25, -0.2) is 0 Å². The summed E-state index contributed by atoms with van der Waals surface area (Å²) in [6.45, 7) is 2.57. The average Bonchev–Trinajstić information content (AvgIpc) is 3.28. The first-order chi connectivity index (χ1) is 12.6. The number of fused-ring (bicyclic) bond motifs is 1. The predicted octanol–water partition coefficient (Wildman–Crippen LogP) is 2.94. The van der Waals surface area contributed by atoms with E-state index in [1.807, 2.05) is 24.3 Å². The number of benzene rings is 2. The van der Waals surface area contributed by atoms with E-state index in [-0.39, 0.29) is 19.1 Å². The molecule has 6 heteroatoms. The minimum absolute atomic E-state index is 0.0677. The highest BCUT2D eigenvalue weighted by Gasteiger charge is 2.36. The lowest BCUT2D eigenvalue weighted by atomic mass is 10.1. The number of amides is 1. The normalized spacial score (nSPS) is 18.3. The van der Waals surface area contributed by atoms with Gasteiger partial charge in [-0.3, -0.25) is 9.59 Å². The van der Waals surface area contributed by atoms with Crippen molar-refractivity contribution in [3.63, 3.8) is 0 Å². The molecule has 6 nitrogen and oxygen atoms in total. The van der Waals surface area contributed by atoms with Crippen LogP contribution in [-0.4, -0.2) is 25.2 Å². The van der Waals surface area contributed by atoms with E-state index in [4.69, 9.17) is 14.2 Å². The van der Waals surface area contributed by atoms with Crippen molar-refractivity contribution in [1.29, 1.82) is 0 Å². The van der Waals surface area contributed by atoms with Gasteiger partial charge in [-0.2, -0.15) is 0 Å². The summed E-state index contributed by atoms with van der Waals surface area (Å²) in [5.74, 6) is 0.598. The molecule has 2 aliphatic rings. The summed E-state index contributed by atoms with van der Waals surface area (Å²) in [4.78, 5) is 26.4. The molecule has 0 aromatic heterocycles. The van der Waals surface area contributed by atoms with Crippen LogP contribution in [0.4, 0.5) is 5.69 Å². The third-order valence-corrected chi connectivity index (χ3v) is 4.68. The van der Waals surface area contributed by atoms with Crippen LogP contribution in [0, 0.1) is 5.92 Å². The molecular weight excluding hydrogens is 334 g/mol. The molecule has 2 aromatic carbocycles. The van der Waals surface area contributed by atoms with Gasteiger partial charge in [0.1, 0.15) is 5.75 Å². The van der Waals surface area contributed by atoms with Crippen molar-refractivity contribution in [2.75, 3.05) is 18.2 Å². The van der Waals surface area contributed by atoms with Crippen molar-refractivity contribution in [3.05, 3.63) is 48.0 Å². The number of carbonyl (C=O) groups is 2. The van der Waals surface area contributed by atoms with Crippen molar-refractivity contribution in [2.45, 2.75) is 19.8 Å². The number of rotatable bonds is 4. The molecule has 2 aliphatic heterocycles. The van der Waals surface area contributed by atoms with Crippen molar-refractivity contribution in [3.8, 4) is 17.2 Å². The van der Waals surface area contributed by atoms with Gasteiger partial charge in [0.05, 0.1) is 5.92 Å². The van der Waals surface area contributed by atoms with Gasteiger partial charge in [-0.1, -0.05) is 19.1 Å². The zero-order valence-electron chi connectivity index (χ0n) is 14.4. The fourth-order valence-electron chi connectivity index (χ4n) is 3.17. The summed E-state index contributed by atoms with van der Waals surface area (Å²) in [6, 6.07) is 12.8. The van der Waals surface area contributed by atoms with Gasteiger partial charge in [0, 0.05) is 24.7 Å². The van der Waals surface area contributed by atoms with E-state index in [0.717, 1.165) is 12.1 Å². The Bertz CT molecular complexity index is 846. The Balaban J connectivity index is 1.43. The molecule has 1 atom stereocenters. The lowest BCUT2D eigenvalue weighted by Crippen LogP contribution is -2.27. The van der Waals surface area contributed by atoms with Crippen LogP contribution in [0.3, 0.4) is 0 Å². The van der Waals surface area contributed by atoms with Crippen LogP contribution in [0.25, 0.3) is 0 Å². The summed E-state index contributed by atoms with van der Waals surface area (Å²) in [5.41, 5.74) is 2.02. The number of ether oxygens (including phenoxy) is 3. The minimum Gasteiger partial charge on any atom is -0.454 e. The third kappa shape index (κ3) is 3.10. The second kappa shape index (κ2) is 6.71. The van der Waals surface area contributed by atoms with E-state index in [0.29, 0.717) is 23.8 Å². The van der Waals surface area contributed by atoms with E-state index in [1.165, 1.54) is 5.56 Å². The molecule has 4 rings (SSSR count). The van der Waals surface area contributed by atoms with E-state index in [9.17, 15) is 9.59 Å². The Morgan fingerprint density at radius 2 is 1.92 bits per heavy atom. The fraction of sp³-hybridized carbons (Fsp3) is 0.300. The topological polar surface area (TPSA) is 65.1 Å². The van der Waals surface area contributed by atoms with Crippen LogP contribution >= 0.6 is 0 Å². The lowest BCUT2D eigenvalue weighted by Gasteiger charge is -2.17. The standard InChI is InChI=1S/C20H19NO5/c1-2-13-3-5-15(6-4-13)21-11-14(9-19(21)22)20(23)26-16-7-8-17-18(10-16)25-12-24-17/h3-8,10,14H,2,9,11-12H2,1H3/t14-/m0/s1. The van der Waals surface area contributed by atoms with Gasteiger partial charge in [-0.15, -0.1) is 0 Å². The smallest absolute Gasteiger partial charge is 0.316 e. The van der Waals surface area contributed by atoms with Crippen molar-refractivity contribution >= 4 is 17.6 Å². The molecule has 0 bridgehead atoms. The van der Waals surface area contributed by atoms with Gasteiger partial charge in [0.2, 0.25) is 12.7 Å². The van der Waals surface area contributed by atoms with E-state index in [2.05, 4.69) is 6.92 Å².